The first-order valence-corrected chi connectivity index (χ1v) is 14.3. The molecule has 0 amide bonds. The molecule has 0 aliphatic carbocycles. The summed E-state index contributed by atoms with van der Waals surface area (Å²) in [6.45, 7) is 9.61. The molecular weight excluding hydrogens is 480 g/mol. The molecule has 194 valence electrons. The number of sulfonamides is 1. The summed E-state index contributed by atoms with van der Waals surface area (Å²) >= 11 is 0. The molecule has 0 bridgehead atoms. The van der Waals surface area contributed by atoms with Crippen LogP contribution in [0.2, 0.25) is 0 Å². The van der Waals surface area contributed by atoms with Gasteiger partial charge in [0.05, 0.1) is 30.7 Å². The molecule has 0 aromatic heterocycles. The van der Waals surface area contributed by atoms with Crippen LogP contribution in [0.4, 0.5) is 0 Å². The molecule has 4 rings (SSSR count). The van der Waals surface area contributed by atoms with E-state index in [-0.39, 0.29) is 24.0 Å². The van der Waals surface area contributed by atoms with Crippen molar-refractivity contribution in [3.8, 4) is 11.8 Å². The van der Waals surface area contributed by atoms with Crippen LogP contribution in [-0.2, 0) is 21.3 Å². The fourth-order valence-corrected chi connectivity index (χ4v) is 5.72. The van der Waals surface area contributed by atoms with Crippen molar-refractivity contribution in [2.45, 2.75) is 44.2 Å². The zero-order chi connectivity index (χ0) is 26.3. The third-order valence-electron chi connectivity index (χ3n) is 6.68. The van der Waals surface area contributed by atoms with Crippen molar-refractivity contribution in [3.05, 3.63) is 101 Å². The quantitative estimate of drug-likeness (QED) is 0.377. The fourth-order valence-electron chi connectivity index (χ4n) is 4.39. The van der Waals surface area contributed by atoms with E-state index in [1.807, 2.05) is 49.4 Å². The Labute approximate surface area is 222 Å². The summed E-state index contributed by atoms with van der Waals surface area (Å²) in [5.74, 6) is 7.12. The molecule has 6 heteroatoms. The lowest BCUT2D eigenvalue weighted by molar-refractivity contribution is 0.0269. The number of ether oxygens (including phenoxy) is 1. The van der Waals surface area contributed by atoms with E-state index < -0.39 is 10.0 Å². The molecule has 1 heterocycles. The third-order valence-corrected chi connectivity index (χ3v) is 8.49. The number of morpholine rings is 1. The molecule has 1 atom stereocenters. The van der Waals surface area contributed by atoms with E-state index in [1.54, 1.807) is 12.1 Å². The topological polar surface area (TPSA) is 49.9 Å². The van der Waals surface area contributed by atoms with Gasteiger partial charge >= 0.3 is 0 Å². The van der Waals surface area contributed by atoms with Gasteiger partial charge in [-0.15, -0.1) is 0 Å². The Morgan fingerprint density at radius 2 is 1.51 bits per heavy atom. The molecule has 0 saturated carbocycles. The van der Waals surface area contributed by atoms with E-state index in [4.69, 9.17) is 4.74 Å². The predicted octanol–water partition coefficient (Wildman–Crippen LogP) is 5.39. The van der Waals surface area contributed by atoms with E-state index >= 15 is 0 Å². The normalized spacial score (nSPS) is 15.4. The Morgan fingerprint density at radius 1 is 0.892 bits per heavy atom. The van der Waals surface area contributed by atoms with Gasteiger partial charge in [-0.1, -0.05) is 98.0 Å². The number of aryl methyl sites for hydroxylation is 1. The van der Waals surface area contributed by atoms with Gasteiger partial charge < -0.3 is 4.74 Å². The van der Waals surface area contributed by atoms with Crippen molar-refractivity contribution in [2.24, 2.45) is 0 Å². The summed E-state index contributed by atoms with van der Waals surface area (Å²) in [4.78, 5) is 2.60. The average molecular weight is 517 g/mol. The third kappa shape index (κ3) is 7.09. The Balaban J connectivity index is 1.63. The van der Waals surface area contributed by atoms with Crippen molar-refractivity contribution in [1.29, 1.82) is 0 Å². The van der Waals surface area contributed by atoms with Crippen LogP contribution in [0, 0.1) is 18.8 Å². The van der Waals surface area contributed by atoms with E-state index in [0.29, 0.717) is 19.1 Å². The highest BCUT2D eigenvalue weighted by Crippen LogP contribution is 2.24. The molecule has 37 heavy (non-hydrogen) atoms. The van der Waals surface area contributed by atoms with E-state index in [1.165, 1.54) is 9.87 Å². The molecule has 5 nitrogen and oxygen atoms in total. The largest absolute Gasteiger partial charge is 0.379 e. The SMILES string of the molecule is Cc1ccc(S(=O)(=O)N(CC#CC(c2ccc(C(C)C)cc2)N2CCOCC2)Cc2ccccc2)cc1. The summed E-state index contributed by atoms with van der Waals surface area (Å²) in [6.07, 6.45) is 0. The molecule has 1 saturated heterocycles. The molecule has 0 spiro atoms. The first-order chi connectivity index (χ1) is 17.8. The first kappa shape index (κ1) is 27.1. The Bertz CT molecular complexity index is 1300. The molecular formula is C31H36N2O3S. The van der Waals surface area contributed by atoms with Crippen LogP contribution >= 0.6 is 0 Å². The second kappa shape index (κ2) is 12.5. The van der Waals surface area contributed by atoms with E-state index in [0.717, 1.165) is 29.8 Å². The van der Waals surface area contributed by atoms with Gasteiger partial charge in [0, 0.05) is 19.6 Å². The highest BCUT2D eigenvalue weighted by molar-refractivity contribution is 7.89. The van der Waals surface area contributed by atoms with Crippen molar-refractivity contribution >= 4 is 10.0 Å². The molecule has 1 aliphatic heterocycles. The molecule has 1 aliphatic rings. The summed E-state index contributed by atoms with van der Waals surface area (Å²) in [7, 11) is -3.72. The van der Waals surface area contributed by atoms with Gasteiger partial charge in [-0.05, 0) is 41.7 Å². The van der Waals surface area contributed by atoms with E-state index in [9.17, 15) is 8.42 Å². The maximum Gasteiger partial charge on any atom is 0.244 e. The van der Waals surface area contributed by atoms with Gasteiger partial charge in [0.2, 0.25) is 10.0 Å². The van der Waals surface area contributed by atoms with Gasteiger partial charge in [0.25, 0.3) is 0 Å². The minimum atomic E-state index is -3.72. The summed E-state index contributed by atoms with van der Waals surface area (Å²) in [6, 6.07) is 25.2. The number of hydrogen-bond donors (Lipinski definition) is 0. The highest BCUT2D eigenvalue weighted by Gasteiger charge is 2.25. The average Bonchev–Trinajstić information content (AvgIpc) is 2.92. The van der Waals surface area contributed by atoms with Crippen molar-refractivity contribution in [1.82, 2.24) is 9.21 Å². The first-order valence-electron chi connectivity index (χ1n) is 12.9. The summed E-state index contributed by atoms with van der Waals surface area (Å²) in [5, 5.41) is 0. The lowest BCUT2D eigenvalue weighted by Crippen LogP contribution is -2.38. The van der Waals surface area contributed by atoms with Crippen LogP contribution in [-0.4, -0.2) is 50.5 Å². The minimum Gasteiger partial charge on any atom is -0.379 e. The molecule has 1 fully saturated rings. The number of benzene rings is 3. The summed E-state index contributed by atoms with van der Waals surface area (Å²) < 4.78 is 34.3. The number of hydrogen-bond acceptors (Lipinski definition) is 4. The number of nitrogens with zero attached hydrogens (tertiary/aromatic N) is 2. The molecule has 0 radical (unpaired) electrons. The van der Waals surface area contributed by atoms with Crippen LogP contribution in [0.3, 0.4) is 0 Å². The highest BCUT2D eigenvalue weighted by atomic mass is 32.2. The second-order valence-corrected chi connectivity index (χ2v) is 11.7. The monoisotopic (exact) mass is 516 g/mol. The van der Waals surface area contributed by atoms with Gasteiger partial charge in [-0.25, -0.2) is 8.42 Å². The molecule has 0 N–H and O–H groups in total. The smallest absolute Gasteiger partial charge is 0.244 e. The van der Waals surface area contributed by atoms with Gasteiger partial charge in [0.15, 0.2) is 0 Å². The Kier molecular flexibility index (Phi) is 9.18. The Morgan fingerprint density at radius 3 is 2.14 bits per heavy atom. The predicted molar refractivity (Wildman–Crippen MR) is 149 cm³/mol. The fraction of sp³-hybridized carbons (Fsp3) is 0.355. The zero-order valence-electron chi connectivity index (χ0n) is 21.9. The summed E-state index contributed by atoms with van der Waals surface area (Å²) in [5.41, 5.74) is 4.35. The van der Waals surface area contributed by atoms with Gasteiger partial charge in [-0.2, -0.15) is 4.31 Å². The van der Waals surface area contributed by atoms with Crippen LogP contribution in [0.5, 0.6) is 0 Å². The van der Waals surface area contributed by atoms with Crippen molar-refractivity contribution in [3.63, 3.8) is 0 Å². The second-order valence-electron chi connectivity index (χ2n) is 9.77. The maximum absolute atomic E-state index is 13.6. The maximum atomic E-state index is 13.6. The minimum absolute atomic E-state index is 0.107. The van der Waals surface area contributed by atoms with Crippen LogP contribution in [0.15, 0.2) is 83.8 Å². The molecule has 3 aromatic rings. The lowest BCUT2D eigenvalue weighted by atomic mass is 9.98. The molecule has 1 unspecified atom stereocenters. The van der Waals surface area contributed by atoms with Crippen LogP contribution in [0.1, 0.15) is 48.1 Å². The van der Waals surface area contributed by atoms with Crippen LogP contribution < -0.4 is 0 Å². The van der Waals surface area contributed by atoms with Crippen molar-refractivity contribution < 1.29 is 13.2 Å². The standard InChI is InChI=1S/C31H36N2O3S/c1-25(2)28-13-15-29(16-14-28)31(32-20-22-36-23-21-32)10-7-19-33(24-27-8-5-4-6-9-27)37(34,35)30-17-11-26(3)12-18-30/h4-6,8-9,11-18,25,31H,19-24H2,1-3H3. The van der Waals surface area contributed by atoms with Crippen LogP contribution in [0.25, 0.3) is 0 Å². The Hall–Kier alpha value is -2.95. The van der Waals surface area contributed by atoms with E-state index in [2.05, 4.69) is 54.9 Å². The van der Waals surface area contributed by atoms with Gasteiger partial charge in [-0.3, -0.25) is 4.90 Å². The lowest BCUT2D eigenvalue weighted by Gasteiger charge is -2.32. The number of rotatable bonds is 8. The van der Waals surface area contributed by atoms with Crippen molar-refractivity contribution in [2.75, 3.05) is 32.8 Å². The van der Waals surface area contributed by atoms with Gasteiger partial charge in [0.1, 0.15) is 0 Å². The zero-order valence-corrected chi connectivity index (χ0v) is 22.7. The molecule has 3 aromatic carbocycles.